The Hall–Kier alpha value is -2.79. The summed E-state index contributed by atoms with van der Waals surface area (Å²) in [6.45, 7) is 3.49. The van der Waals surface area contributed by atoms with Crippen molar-refractivity contribution in [3.05, 3.63) is 74.3 Å². The third-order valence-electron chi connectivity index (χ3n) is 5.29. The van der Waals surface area contributed by atoms with Crippen LogP contribution in [0.25, 0.3) is 16.5 Å². The summed E-state index contributed by atoms with van der Waals surface area (Å²) in [5.74, 6) is 0.542. The summed E-state index contributed by atoms with van der Waals surface area (Å²) in [5.41, 5.74) is 1.01. The van der Waals surface area contributed by atoms with Crippen molar-refractivity contribution in [2.75, 3.05) is 31.1 Å². The third kappa shape index (κ3) is 4.14. The lowest BCUT2D eigenvalue weighted by Crippen LogP contribution is -2.47. The summed E-state index contributed by atoms with van der Waals surface area (Å²) in [4.78, 5) is 18.4. The monoisotopic (exact) mass is 486 g/mol. The molecule has 0 unspecified atom stereocenters. The van der Waals surface area contributed by atoms with Crippen LogP contribution in [0.3, 0.4) is 0 Å². The number of aromatic nitrogens is 4. The topological polar surface area (TPSA) is 72.3 Å². The molecule has 0 N–H and O–H groups in total. The molecule has 0 aliphatic carbocycles. The maximum Gasteiger partial charge on any atom is 0.292 e. The Bertz CT molecular complexity index is 1320. The molecule has 1 aromatic carbocycles. The van der Waals surface area contributed by atoms with E-state index in [-0.39, 0.29) is 10.6 Å². The molecule has 0 atom stereocenters. The lowest BCUT2D eigenvalue weighted by molar-refractivity contribution is 0.192. The zero-order chi connectivity index (χ0) is 22.1. The van der Waals surface area contributed by atoms with Crippen LogP contribution in [-0.2, 0) is 6.67 Å². The molecule has 1 aliphatic rings. The highest BCUT2D eigenvalue weighted by Gasteiger charge is 2.22. The summed E-state index contributed by atoms with van der Waals surface area (Å²) >= 11 is 13.4. The van der Waals surface area contributed by atoms with Gasteiger partial charge in [0.25, 0.3) is 16.3 Å². The van der Waals surface area contributed by atoms with Crippen LogP contribution in [0.1, 0.15) is 0 Å². The summed E-state index contributed by atoms with van der Waals surface area (Å²) < 4.78 is 8.67. The first-order valence-corrected chi connectivity index (χ1v) is 11.7. The van der Waals surface area contributed by atoms with Crippen LogP contribution < -0.4 is 10.5 Å². The second kappa shape index (κ2) is 8.99. The van der Waals surface area contributed by atoms with E-state index < -0.39 is 0 Å². The van der Waals surface area contributed by atoms with Crippen molar-refractivity contribution in [2.45, 2.75) is 6.67 Å². The van der Waals surface area contributed by atoms with E-state index in [0.717, 1.165) is 18.0 Å². The molecule has 32 heavy (non-hydrogen) atoms. The largest absolute Gasteiger partial charge is 0.408 e. The summed E-state index contributed by atoms with van der Waals surface area (Å²) in [7, 11) is 0. The van der Waals surface area contributed by atoms with Gasteiger partial charge in [0.05, 0.1) is 29.1 Å². The predicted octanol–water partition coefficient (Wildman–Crippen LogP) is 3.91. The van der Waals surface area contributed by atoms with Gasteiger partial charge in [-0.25, -0.2) is 4.68 Å². The Morgan fingerprint density at radius 2 is 1.88 bits per heavy atom. The SMILES string of the molecule is O=c1c(Cl)c(N2CCN(Cn3nc(-c4cccs4)oc3=S)CC2)cnn1-c1ccccc1. The van der Waals surface area contributed by atoms with E-state index in [2.05, 4.69) is 20.0 Å². The minimum absolute atomic E-state index is 0.177. The molecule has 4 aromatic rings. The first-order chi connectivity index (χ1) is 15.6. The lowest BCUT2D eigenvalue weighted by atomic mass is 10.3. The van der Waals surface area contributed by atoms with Gasteiger partial charge in [0, 0.05) is 26.2 Å². The minimum atomic E-state index is -0.326. The quantitative estimate of drug-likeness (QED) is 0.396. The Labute approximate surface area is 197 Å². The molecule has 4 heterocycles. The van der Waals surface area contributed by atoms with Crippen molar-refractivity contribution in [3.8, 4) is 16.5 Å². The third-order valence-corrected chi connectivity index (χ3v) is 6.79. The fourth-order valence-corrected chi connectivity index (χ4v) is 4.68. The number of hydrogen-bond donors (Lipinski definition) is 0. The standard InChI is InChI=1S/C21H19ClN6O2S2/c22-18-16(13-23-28(20(18)29)15-5-2-1-3-6-15)26-10-8-25(9-11-26)14-27-21(31)30-19(24-27)17-7-4-12-32-17/h1-7,12-13H,8-11,14H2. The second-order valence-electron chi connectivity index (χ2n) is 7.29. The van der Waals surface area contributed by atoms with Gasteiger partial charge in [-0.1, -0.05) is 35.9 Å². The van der Waals surface area contributed by atoms with E-state index in [9.17, 15) is 4.79 Å². The summed E-state index contributed by atoms with van der Waals surface area (Å²) in [6, 6.07) is 13.2. The van der Waals surface area contributed by atoms with Gasteiger partial charge in [-0.3, -0.25) is 9.69 Å². The van der Waals surface area contributed by atoms with Crippen LogP contribution in [-0.4, -0.2) is 50.6 Å². The average Bonchev–Trinajstić information content (AvgIpc) is 3.47. The normalized spacial score (nSPS) is 14.7. The Morgan fingerprint density at radius 3 is 2.59 bits per heavy atom. The fourth-order valence-electron chi connectivity index (χ4n) is 3.61. The average molecular weight is 487 g/mol. The van der Waals surface area contributed by atoms with E-state index in [4.69, 9.17) is 28.2 Å². The van der Waals surface area contributed by atoms with Crippen LogP contribution in [0.4, 0.5) is 5.69 Å². The van der Waals surface area contributed by atoms with Gasteiger partial charge in [0.15, 0.2) is 0 Å². The minimum Gasteiger partial charge on any atom is -0.408 e. The molecule has 1 aliphatic heterocycles. The van der Waals surface area contributed by atoms with Crippen molar-refractivity contribution in [1.29, 1.82) is 0 Å². The predicted molar refractivity (Wildman–Crippen MR) is 127 cm³/mol. The number of anilines is 1. The highest BCUT2D eigenvalue weighted by molar-refractivity contribution is 7.71. The Morgan fingerprint density at radius 1 is 1.09 bits per heavy atom. The molecule has 5 rings (SSSR count). The number of hydrogen-bond acceptors (Lipinski definition) is 8. The number of rotatable bonds is 5. The smallest absolute Gasteiger partial charge is 0.292 e. The van der Waals surface area contributed by atoms with Gasteiger partial charge < -0.3 is 9.32 Å². The van der Waals surface area contributed by atoms with E-state index >= 15 is 0 Å². The van der Waals surface area contributed by atoms with Crippen LogP contribution >= 0.6 is 35.2 Å². The number of benzene rings is 1. The van der Waals surface area contributed by atoms with Crippen molar-refractivity contribution < 1.29 is 4.42 Å². The summed E-state index contributed by atoms with van der Waals surface area (Å²) in [5, 5.41) is 11.0. The number of halogens is 1. The number of para-hydroxylation sites is 1. The number of nitrogens with zero attached hydrogens (tertiary/aromatic N) is 6. The van der Waals surface area contributed by atoms with Crippen LogP contribution in [0, 0.1) is 4.84 Å². The first-order valence-electron chi connectivity index (χ1n) is 10.0. The van der Waals surface area contributed by atoms with Crippen LogP contribution in [0.5, 0.6) is 0 Å². The first kappa shape index (κ1) is 21.1. The Kier molecular flexibility index (Phi) is 5.92. The molecular formula is C21H19ClN6O2S2. The van der Waals surface area contributed by atoms with E-state index in [0.29, 0.717) is 41.9 Å². The lowest BCUT2D eigenvalue weighted by Gasteiger charge is -2.35. The van der Waals surface area contributed by atoms with E-state index in [1.807, 2.05) is 47.8 Å². The highest BCUT2D eigenvalue weighted by Crippen LogP contribution is 2.25. The molecule has 1 fully saturated rings. The molecule has 8 nitrogen and oxygen atoms in total. The highest BCUT2D eigenvalue weighted by atomic mass is 35.5. The molecule has 164 valence electrons. The fraction of sp³-hybridized carbons (Fsp3) is 0.238. The van der Waals surface area contributed by atoms with Crippen LogP contribution in [0.15, 0.2) is 63.3 Å². The molecular weight excluding hydrogens is 468 g/mol. The summed E-state index contributed by atoms with van der Waals surface area (Å²) in [6.07, 6.45) is 1.66. The molecule has 3 aromatic heterocycles. The second-order valence-corrected chi connectivity index (χ2v) is 8.97. The van der Waals surface area contributed by atoms with Gasteiger partial charge in [-0.2, -0.15) is 9.78 Å². The van der Waals surface area contributed by atoms with Crippen molar-refractivity contribution >= 4 is 40.8 Å². The van der Waals surface area contributed by atoms with Crippen molar-refractivity contribution in [3.63, 3.8) is 0 Å². The van der Waals surface area contributed by atoms with Gasteiger partial charge >= 0.3 is 0 Å². The molecule has 11 heteroatoms. The van der Waals surface area contributed by atoms with Crippen molar-refractivity contribution in [2.24, 2.45) is 0 Å². The van der Waals surface area contributed by atoms with Crippen LogP contribution in [0.2, 0.25) is 5.02 Å². The van der Waals surface area contributed by atoms with Gasteiger partial charge in [-0.15, -0.1) is 16.4 Å². The maximum atomic E-state index is 12.8. The van der Waals surface area contributed by atoms with Gasteiger partial charge in [-0.05, 0) is 35.8 Å². The van der Waals surface area contributed by atoms with E-state index in [1.165, 1.54) is 4.68 Å². The molecule has 0 bridgehead atoms. The number of thiophene rings is 1. The molecule has 0 radical (unpaired) electrons. The molecule has 1 saturated heterocycles. The zero-order valence-corrected chi connectivity index (χ0v) is 19.3. The molecule has 0 amide bonds. The molecule has 0 saturated carbocycles. The zero-order valence-electron chi connectivity index (χ0n) is 16.9. The maximum absolute atomic E-state index is 12.8. The Balaban J connectivity index is 1.27. The van der Waals surface area contributed by atoms with Crippen molar-refractivity contribution in [1.82, 2.24) is 24.5 Å². The van der Waals surface area contributed by atoms with Gasteiger partial charge in [0.2, 0.25) is 0 Å². The molecule has 0 spiro atoms. The number of piperazine rings is 1. The van der Waals surface area contributed by atoms with E-state index in [1.54, 1.807) is 22.2 Å². The van der Waals surface area contributed by atoms with Gasteiger partial charge in [0.1, 0.15) is 5.02 Å².